The van der Waals surface area contributed by atoms with E-state index in [2.05, 4.69) is 16.9 Å². The fourth-order valence-corrected chi connectivity index (χ4v) is 1.78. The Balaban J connectivity index is 2.31. The standard InChI is InChI=1S/C11H15N3O/c1-3-4-8-14-11(15)13(2)10(12-14)9-6-5-7-9/h9H,5-8H2,1-2H3. The van der Waals surface area contributed by atoms with Crippen LogP contribution in [0.15, 0.2) is 4.79 Å². The van der Waals surface area contributed by atoms with Crippen LogP contribution in [0, 0.1) is 11.8 Å². The lowest BCUT2D eigenvalue weighted by Crippen LogP contribution is -2.23. The first kappa shape index (κ1) is 10.0. The van der Waals surface area contributed by atoms with E-state index in [9.17, 15) is 4.79 Å². The van der Waals surface area contributed by atoms with Gasteiger partial charge in [-0.25, -0.2) is 9.48 Å². The Morgan fingerprint density at radius 3 is 2.80 bits per heavy atom. The number of aromatic nitrogens is 3. The molecule has 4 heteroatoms. The minimum atomic E-state index is -0.0559. The van der Waals surface area contributed by atoms with E-state index < -0.39 is 0 Å². The Labute approximate surface area is 88.9 Å². The summed E-state index contributed by atoms with van der Waals surface area (Å²) < 4.78 is 3.10. The molecule has 1 aliphatic rings. The average molecular weight is 205 g/mol. The summed E-state index contributed by atoms with van der Waals surface area (Å²) in [4.78, 5) is 11.7. The minimum Gasteiger partial charge on any atom is -0.282 e. The van der Waals surface area contributed by atoms with Crippen molar-refractivity contribution in [2.24, 2.45) is 7.05 Å². The van der Waals surface area contributed by atoms with Crippen molar-refractivity contribution in [3.63, 3.8) is 0 Å². The highest BCUT2D eigenvalue weighted by atomic mass is 16.2. The van der Waals surface area contributed by atoms with Crippen LogP contribution >= 0.6 is 0 Å². The van der Waals surface area contributed by atoms with Gasteiger partial charge < -0.3 is 0 Å². The summed E-state index contributed by atoms with van der Waals surface area (Å²) in [6.45, 7) is 2.16. The first-order valence-corrected chi connectivity index (χ1v) is 5.27. The Kier molecular flexibility index (Phi) is 2.63. The van der Waals surface area contributed by atoms with Crippen LogP contribution in [-0.2, 0) is 13.6 Å². The molecular weight excluding hydrogens is 190 g/mol. The van der Waals surface area contributed by atoms with E-state index in [0.717, 1.165) is 18.7 Å². The van der Waals surface area contributed by atoms with Gasteiger partial charge in [-0.15, -0.1) is 5.92 Å². The zero-order valence-electron chi connectivity index (χ0n) is 9.16. The second-order valence-electron chi connectivity index (χ2n) is 3.91. The summed E-state index contributed by atoms with van der Waals surface area (Å²) in [6, 6.07) is 0. The third kappa shape index (κ3) is 1.70. The molecule has 15 heavy (non-hydrogen) atoms. The van der Waals surface area contributed by atoms with Gasteiger partial charge in [0.2, 0.25) is 0 Å². The molecule has 1 fully saturated rings. The van der Waals surface area contributed by atoms with Gasteiger partial charge in [0.15, 0.2) is 0 Å². The highest BCUT2D eigenvalue weighted by Crippen LogP contribution is 2.34. The van der Waals surface area contributed by atoms with Crippen molar-refractivity contribution in [2.45, 2.75) is 38.6 Å². The topological polar surface area (TPSA) is 39.8 Å². The van der Waals surface area contributed by atoms with E-state index >= 15 is 0 Å². The van der Waals surface area contributed by atoms with Crippen LogP contribution in [-0.4, -0.2) is 14.3 Å². The van der Waals surface area contributed by atoms with Gasteiger partial charge in [-0.2, -0.15) is 5.10 Å². The van der Waals surface area contributed by atoms with Gasteiger partial charge in [0.25, 0.3) is 0 Å². The first-order valence-electron chi connectivity index (χ1n) is 5.27. The van der Waals surface area contributed by atoms with Crippen molar-refractivity contribution in [2.75, 3.05) is 0 Å². The quantitative estimate of drug-likeness (QED) is 0.672. The molecule has 1 saturated carbocycles. The molecular formula is C11H15N3O. The maximum Gasteiger partial charge on any atom is 0.346 e. The molecule has 0 N–H and O–H groups in total. The third-order valence-corrected chi connectivity index (χ3v) is 2.95. The maximum atomic E-state index is 11.7. The van der Waals surface area contributed by atoms with Crippen LogP contribution in [0.1, 0.15) is 37.9 Å². The zero-order valence-corrected chi connectivity index (χ0v) is 9.16. The molecule has 1 aromatic heterocycles. The van der Waals surface area contributed by atoms with Gasteiger partial charge in [-0.3, -0.25) is 4.57 Å². The molecule has 1 aliphatic carbocycles. The van der Waals surface area contributed by atoms with Gasteiger partial charge in [0, 0.05) is 13.0 Å². The van der Waals surface area contributed by atoms with Crippen molar-refractivity contribution >= 4 is 0 Å². The smallest absolute Gasteiger partial charge is 0.282 e. The largest absolute Gasteiger partial charge is 0.346 e. The molecule has 0 aromatic carbocycles. The van der Waals surface area contributed by atoms with E-state index in [1.165, 1.54) is 11.1 Å². The van der Waals surface area contributed by atoms with E-state index in [1.807, 2.05) is 0 Å². The molecule has 0 spiro atoms. The molecule has 0 radical (unpaired) electrons. The minimum absolute atomic E-state index is 0.0559. The van der Waals surface area contributed by atoms with Crippen molar-refractivity contribution in [1.82, 2.24) is 14.3 Å². The van der Waals surface area contributed by atoms with Crippen LogP contribution in [0.3, 0.4) is 0 Å². The molecule has 2 rings (SSSR count). The van der Waals surface area contributed by atoms with Gasteiger partial charge in [-0.05, 0) is 19.8 Å². The molecule has 0 saturated heterocycles. The summed E-state index contributed by atoms with van der Waals surface area (Å²) in [5.41, 5.74) is -0.0559. The lowest BCUT2D eigenvalue weighted by Gasteiger charge is -2.23. The second-order valence-corrected chi connectivity index (χ2v) is 3.91. The van der Waals surface area contributed by atoms with E-state index in [0.29, 0.717) is 12.5 Å². The predicted molar refractivity (Wildman–Crippen MR) is 57.5 cm³/mol. The Hall–Kier alpha value is -1.50. The van der Waals surface area contributed by atoms with Crippen LogP contribution in [0.4, 0.5) is 0 Å². The molecule has 1 aromatic rings. The average Bonchev–Trinajstić information content (AvgIpc) is 2.41. The third-order valence-electron chi connectivity index (χ3n) is 2.95. The molecule has 4 nitrogen and oxygen atoms in total. The van der Waals surface area contributed by atoms with Crippen molar-refractivity contribution in [3.8, 4) is 11.8 Å². The van der Waals surface area contributed by atoms with Gasteiger partial charge >= 0.3 is 5.69 Å². The monoisotopic (exact) mass is 205 g/mol. The number of hydrogen-bond acceptors (Lipinski definition) is 2. The van der Waals surface area contributed by atoms with Crippen molar-refractivity contribution in [3.05, 3.63) is 16.3 Å². The molecule has 0 bridgehead atoms. The van der Waals surface area contributed by atoms with Crippen LogP contribution in [0.2, 0.25) is 0 Å². The van der Waals surface area contributed by atoms with E-state index in [4.69, 9.17) is 0 Å². The molecule has 0 aliphatic heterocycles. The van der Waals surface area contributed by atoms with E-state index in [-0.39, 0.29) is 5.69 Å². The molecule has 80 valence electrons. The lowest BCUT2D eigenvalue weighted by atomic mass is 9.85. The predicted octanol–water partition coefficient (Wildman–Crippen LogP) is 0.873. The lowest BCUT2D eigenvalue weighted by molar-refractivity contribution is 0.390. The van der Waals surface area contributed by atoms with Crippen LogP contribution in [0.25, 0.3) is 0 Å². The highest BCUT2D eigenvalue weighted by molar-refractivity contribution is 5.02. The van der Waals surface area contributed by atoms with Gasteiger partial charge in [-0.1, -0.05) is 12.3 Å². The summed E-state index contributed by atoms with van der Waals surface area (Å²) in [6.07, 6.45) is 3.56. The summed E-state index contributed by atoms with van der Waals surface area (Å²) in [7, 11) is 1.79. The fourth-order valence-electron chi connectivity index (χ4n) is 1.78. The summed E-state index contributed by atoms with van der Waals surface area (Å²) in [5.74, 6) is 7.03. The number of nitrogens with zero attached hydrogens (tertiary/aromatic N) is 3. The zero-order chi connectivity index (χ0) is 10.8. The van der Waals surface area contributed by atoms with Gasteiger partial charge in [0.05, 0.1) is 0 Å². The normalized spacial score (nSPS) is 15.6. The molecule has 0 amide bonds. The Morgan fingerprint density at radius 2 is 2.27 bits per heavy atom. The Bertz CT molecular complexity index is 468. The van der Waals surface area contributed by atoms with E-state index in [1.54, 1.807) is 18.5 Å². The Morgan fingerprint density at radius 1 is 1.53 bits per heavy atom. The number of hydrogen-bond donors (Lipinski definition) is 0. The highest BCUT2D eigenvalue weighted by Gasteiger charge is 2.25. The van der Waals surface area contributed by atoms with Gasteiger partial charge in [0.1, 0.15) is 12.4 Å². The van der Waals surface area contributed by atoms with Crippen molar-refractivity contribution in [1.29, 1.82) is 0 Å². The summed E-state index contributed by atoms with van der Waals surface area (Å²) >= 11 is 0. The van der Waals surface area contributed by atoms with Crippen LogP contribution < -0.4 is 5.69 Å². The second kappa shape index (κ2) is 3.93. The molecule has 1 heterocycles. The maximum absolute atomic E-state index is 11.7. The SMILES string of the molecule is CC#CCn1nc(C2CCC2)n(C)c1=O. The first-order chi connectivity index (χ1) is 7.24. The fraction of sp³-hybridized carbons (Fsp3) is 0.636. The summed E-state index contributed by atoms with van der Waals surface area (Å²) in [5, 5.41) is 4.33. The van der Waals surface area contributed by atoms with Crippen LogP contribution in [0.5, 0.6) is 0 Å². The number of rotatable bonds is 2. The molecule has 0 atom stereocenters. The molecule has 0 unspecified atom stereocenters. The van der Waals surface area contributed by atoms with Crippen molar-refractivity contribution < 1.29 is 0 Å².